The van der Waals surface area contributed by atoms with Gasteiger partial charge in [0, 0.05) is 42.3 Å². The van der Waals surface area contributed by atoms with Crippen LogP contribution >= 0.6 is 11.3 Å². The van der Waals surface area contributed by atoms with E-state index >= 15 is 0 Å². The molecule has 0 fully saturated rings. The number of rotatable bonds is 3. The van der Waals surface area contributed by atoms with E-state index in [1.54, 1.807) is 0 Å². The lowest BCUT2D eigenvalue weighted by Crippen LogP contribution is -2.26. The monoisotopic (exact) mass is 679 g/mol. The van der Waals surface area contributed by atoms with Crippen LogP contribution in [-0.2, 0) is 5.41 Å². The van der Waals surface area contributed by atoms with Crippen molar-refractivity contribution in [1.82, 2.24) is 0 Å². The van der Waals surface area contributed by atoms with Gasteiger partial charge < -0.3 is 9.32 Å². The third kappa shape index (κ3) is 3.53. The van der Waals surface area contributed by atoms with Gasteiger partial charge in [-0.1, -0.05) is 121 Å². The highest BCUT2D eigenvalue weighted by Crippen LogP contribution is 2.63. The number of fused-ring (bicyclic) bond motifs is 17. The minimum Gasteiger partial charge on any atom is -0.455 e. The van der Waals surface area contributed by atoms with Crippen LogP contribution in [0.5, 0.6) is 0 Å². The fourth-order valence-electron chi connectivity index (χ4n) is 9.48. The summed E-state index contributed by atoms with van der Waals surface area (Å²) >= 11 is 1.83. The van der Waals surface area contributed by atoms with Crippen molar-refractivity contribution in [1.29, 1.82) is 0 Å². The number of thiophene rings is 1. The number of para-hydroxylation sites is 2. The van der Waals surface area contributed by atoms with Crippen LogP contribution < -0.4 is 4.90 Å². The molecule has 12 rings (SSSR count). The Morgan fingerprint density at radius 1 is 0.423 bits per heavy atom. The predicted octanol–water partition coefficient (Wildman–Crippen LogP) is 13.8. The van der Waals surface area contributed by atoms with Gasteiger partial charge >= 0.3 is 0 Å². The third-order valence-electron chi connectivity index (χ3n) is 11.5. The molecular weight excluding hydrogens is 651 g/mol. The largest absolute Gasteiger partial charge is 0.455 e. The van der Waals surface area contributed by atoms with E-state index in [-0.39, 0.29) is 0 Å². The first-order chi connectivity index (χ1) is 25.8. The maximum atomic E-state index is 6.69. The molecule has 2 aliphatic carbocycles. The predicted molar refractivity (Wildman–Crippen MR) is 218 cm³/mol. The fourth-order valence-corrected chi connectivity index (χ4v) is 10.6. The van der Waals surface area contributed by atoms with Gasteiger partial charge in [-0.2, -0.15) is 0 Å². The van der Waals surface area contributed by atoms with Crippen molar-refractivity contribution in [2.24, 2.45) is 0 Å². The topological polar surface area (TPSA) is 16.4 Å². The molecule has 3 heteroatoms. The molecule has 0 N–H and O–H groups in total. The van der Waals surface area contributed by atoms with Crippen molar-refractivity contribution in [3.05, 3.63) is 198 Å². The molecule has 242 valence electrons. The molecule has 2 nitrogen and oxygen atoms in total. The van der Waals surface area contributed by atoms with Crippen LogP contribution in [0.3, 0.4) is 0 Å². The minimum atomic E-state index is -0.418. The average Bonchev–Trinajstić information content (AvgIpc) is 3.94. The highest BCUT2D eigenvalue weighted by Gasteiger charge is 2.51. The molecule has 0 radical (unpaired) electrons. The van der Waals surface area contributed by atoms with Crippen LogP contribution in [0.4, 0.5) is 17.1 Å². The molecule has 1 spiro atoms. The highest BCUT2D eigenvalue weighted by atomic mass is 32.1. The summed E-state index contributed by atoms with van der Waals surface area (Å²) in [5, 5.41) is 4.69. The van der Waals surface area contributed by atoms with Gasteiger partial charge in [0.25, 0.3) is 0 Å². The standard InChI is InChI=1S/C49H29NOS/c1-2-13-30(14-3-1)50(42-22-12-24-44-46(42)47-45(52-44)28-27-37-36-18-7-11-23-43(36)51-48(37)47)31-25-26-35-34-17-6-10-21-40(34)49(41(35)29-31)38-19-8-4-15-32(38)33-16-5-9-20-39(33)49/h1-29H. The summed E-state index contributed by atoms with van der Waals surface area (Å²) in [6, 6.07) is 64.7. The maximum Gasteiger partial charge on any atom is 0.144 e. The Balaban J connectivity index is 1.18. The van der Waals surface area contributed by atoms with E-state index < -0.39 is 5.41 Å². The molecule has 10 aromatic rings. The highest BCUT2D eigenvalue weighted by molar-refractivity contribution is 7.26. The lowest BCUT2D eigenvalue weighted by molar-refractivity contribution is 0.673. The number of hydrogen-bond acceptors (Lipinski definition) is 3. The Bertz CT molecular complexity index is 3030. The smallest absolute Gasteiger partial charge is 0.144 e. The van der Waals surface area contributed by atoms with Gasteiger partial charge in [0.05, 0.1) is 11.1 Å². The zero-order valence-corrected chi connectivity index (χ0v) is 28.8. The van der Waals surface area contributed by atoms with Gasteiger partial charge in [-0.05, 0) is 99.1 Å². The summed E-state index contributed by atoms with van der Waals surface area (Å²) < 4.78 is 9.16. The number of furan rings is 1. The maximum absolute atomic E-state index is 6.69. The Morgan fingerprint density at radius 2 is 1.04 bits per heavy atom. The first kappa shape index (κ1) is 28.3. The van der Waals surface area contributed by atoms with Gasteiger partial charge in [0.1, 0.15) is 11.2 Å². The first-order valence-electron chi connectivity index (χ1n) is 17.9. The van der Waals surface area contributed by atoms with E-state index in [0.717, 1.165) is 39.0 Å². The number of anilines is 3. The summed E-state index contributed by atoms with van der Waals surface area (Å²) in [4.78, 5) is 2.46. The normalized spacial score (nSPS) is 13.5. The van der Waals surface area contributed by atoms with Gasteiger partial charge in [-0.15, -0.1) is 11.3 Å². The van der Waals surface area contributed by atoms with E-state index in [1.165, 1.54) is 64.7 Å². The molecule has 2 aromatic heterocycles. The average molecular weight is 680 g/mol. The van der Waals surface area contributed by atoms with Crippen LogP contribution in [0, 0.1) is 0 Å². The van der Waals surface area contributed by atoms with E-state index in [1.807, 2.05) is 11.3 Å². The molecule has 52 heavy (non-hydrogen) atoms. The number of nitrogens with zero attached hydrogens (tertiary/aromatic N) is 1. The van der Waals surface area contributed by atoms with Crippen LogP contribution in [0.2, 0.25) is 0 Å². The van der Waals surface area contributed by atoms with Crippen molar-refractivity contribution in [3.63, 3.8) is 0 Å². The summed E-state index contributed by atoms with van der Waals surface area (Å²) in [6.45, 7) is 0. The van der Waals surface area contributed by atoms with E-state index in [9.17, 15) is 0 Å². The lowest BCUT2D eigenvalue weighted by Gasteiger charge is -2.32. The molecular formula is C49H29NOS. The Morgan fingerprint density at radius 3 is 1.77 bits per heavy atom. The quantitative estimate of drug-likeness (QED) is 0.185. The molecule has 0 bridgehead atoms. The fraction of sp³-hybridized carbons (Fsp3) is 0.0204. The van der Waals surface area contributed by atoms with Gasteiger partial charge in [-0.3, -0.25) is 0 Å². The summed E-state index contributed by atoms with van der Waals surface area (Å²) in [7, 11) is 0. The van der Waals surface area contributed by atoms with Crippen LogP contribution in [-0.4, -0.2) is 0 Å². The van der Waals surface area contributed by atoms with Crippen molar-refractivity contribution in [2.45, 2.75) is 5.41 Å². The second kappa shape index (κ2) is 10.3. The van der Waals surface area contributed by atoms with Crippen LogP contribution in [0.1, 0.15) is 22.3 Å². The molecule has 2 aliphatic rings. The van der Waals surface area contributed by atoms with Gasteiger partial charge in [0.15, 0.2) is 0 Å². The second-order valence-electron chi connectivity index (χ2n) is 14.0. The van der Waals surface area contributed by atoms with Gasteiger partial charge in [-0.25, -0.2) is 0 Å². The lowest BCUT2D eigenvalue weighted by atomic mass is 9.70. The van der Waals surface area contributed by atoms with Crippen LogP contribution in [0.25, 0.3) is 64.4 Å². The van der Waals surface area contributed by atoms with Crippen molar-refractivity contribution in [2.75, 3.05) is 4.90 Å². The second-order valence-corrected chi connectivity index (χ2v) is 15.0. The van der Waals surface area contributed by atoms with Crippen LogP contribution in [0.15, 0.2) is 180 Å². The summed E-state index contributed by atoms with van der Waals surface area (Å²) in [5.41, 5.74) is 15.4. The Labute approximate surface area is 304 Å². The van der Waals surface area contributed by atoms with Crippen molar-refractivity contribution < 1.29 is 4.42 Å². The molecule has 0 amide bonds. The molecule has 0 saturated heterocycles. The SMILES string of the molecule is c1ccc(N(c2ccc3c(c2)C2(c4ccccc4-c4ccccc42)c2ccccc2-3)c2cccc3sc4ccc5c6ccccc6oc5c4c23)cc1. The van der Waals surface area contributed by atoms with E-state index in [4.69, 9.17) is 4.42 Å². The van der Waals surface area contributed by atoms with Crippen molar-refractivity contribution in [3.8, 4) is 22.3 Å². The molecule has 2 heterocycles. The van der Waals surface area contributed by atoms with Crippen molar-refractivity contribution >= 4 is 70.5 Å². The third-order valence-corrected chi connectivity index (χ3v) is 12.6. The molecule has 0 aliphatic heterocycles. The van der Waals surface area contributed by atoms with E-state index in [2.05, 4.69) is 181 Å². The number of hydrogen-bond donors (Lipinski definition) is 0. The minimum absolute atomic E-state index is 0.418. The Kier molecular flexibility index (Phi) is 5.62. The Hall–Kier alpha value is -6.42. The molecule has 8 aromatic carbocycles. The zero-order chi connectivity index (χ0) is 34.0. The summed E-state index contributed by atoms with van der Waals surface area (Å²) in [5.74, 6) is 0. The number of benzene rings is 8. The molecule has 0 unspecified atom stereocenters. The molecule has 0 saturated carbocycles. The first-order valence-corrected chi connectivity index (χ1v) is 18.7. The summed E-state index contributed by atoms with van der Waals surface area (Å²) in [6.07, 6.45) is 0. The molecule has 0 atom stereocenters. The van der Waals surface area contributed by atoms with Gasteiger partial charge in [0.2, 0.25) is 0 Å². The zero-order valence-electron chi connectivity index (χ0n) is 28.0. The van der Waals surface area contributed by atoms with E-state index in [0.29, 0.717) is 0 Å².